The van der Waals surface area contributed by atoms with E-state index in [-0.39, 0.29) is 11.8 Å². The molecule has 0 amide bonds. The zero-order chi connectivity index (χ0) is 17.2. The highest BCUT2D eigenvalue weighted by atomic mass is 16.5. The maximum absolute atomic E-state index is 6.58. The summed E-state index contributed by atoms with van der Waals surface area (Å²) in [6.07, 6.45) is 1.53. The van der Waals surface area contributed by atoms with Crippen LogP contribution >= 0.6 is 0 Å². The van der Waals surface area contributed by atoms with E-state index >= 15 is 0 Å². The van der Waals surface area contributed by atoms with Gasteiger partial charge in [-0.1, -0.05) is 44.2 Å². The van der Waals surface area contributed by atoms with Gasteiger partial charge in [0.05, 0.1) is 19.8 Å². The lowest BCUT2D eigenvalue weighted by molar-refractivity contribution is -0.104. The second kappa shape index (κ2) is 6.73. The topological polar surface area (TPSA) is 39.7 Å². The second-order valence-corrected chi connectivity index (χ2v) is 5.97. The van der Waals surface area contributed by atoms with Gasteiger partial charge in [-0.2, -0.15) is 0 Å². The predicted molar refractivity (Wildman–Crippen MR) is 95.7 cm³/mol. The normalized spacial score (nSPS) is 18.4. The molecule has 0 aliphatic carbocycles. The van der Waals surface area contributed by atoms with Crippen LogP contribution < -0.4 is 14.8 Å². The predicted octanol–water partition coefficient (Wildman–Crippen LogP) is 4.86. The number of anilines is 1. The molecule has 1 aliphatic heterocycles. The third kappa shape index (κ3) is 2.61. The molecule has 0 unspecified atom stereocenters. The lowest BCUT2D eigenvalue weighted by Crippen LogP contribution is -2.38. The molecule has 1 atom stereocenters. The first-order valence-corrected chi connectivity index (χ1v) is 8.43. The Morgan fingerprint density at radius 2 is 1.75 bits per heavy atom. The largest absolute Gasteiger partial charge is 0.493 e. The van der Waals surface area contributed by atoms with Crippen LogP contribution in [0.2, 0.25) is 0 Å². The summed E-state index contributed by atoms with van der Waals surface area (Å²) in [6.45, 7) is 4.34. The number of fused-ring (bicyclic) bond motifs is 1. The summed E-state index contributed by atoms with van der Waals surface area (Å²) in [5.74, 6) is 1.41. The zero-order valence-corrected chi connectivity index (χ0v) is 14.8. The standard InChI is InChI=1S/C20H25NO3/c1-5-20(6-2)15-11-7-8-12-16(15)21-19(24-20)14-10-9-13-17(22-3)18(14)23-4/h7-13,19,21H,5-6H2,1-4H3/t19-/m0/s1. The Hall–Kier alpha value is -2.20. The lowest BCUT2D eigenvalue weighted by Gasteiger charge is -2.43. The number of benzene rings is 2. The highest BCUT2D eigenvalue weighted by Gasteiger charge is 2.40. The van der Waals surface area contributed by atoms with Crippen LogP contribution in [0.25, 0.3) is 0 Å². The Balaban J connectivity index is 2.09. The van der Waals surface area contributed by atoms with Gasteiger partial charge >= 0.3 is 0 Å². The fourth-order valence-corrected chi connectivity index (χ4v) is 3.52. The summed E-state index contributed by atoms with van der Waals surface area (Å²) < 4.78 is 17.6. The Labute approximate surface area is 143 Å². The van der Waals surface area contributed by atoms with Gasteiger partial charge in [-0.15, -0.1) is 0 Å². The fraction of sp³-hybridized carbons (Fsp3) is 0.400. The van der Waals surface area contributed by atoms with Crippen molar-refractivity contribution in [3.8, 4) is 11.5 Å². The van der Waals surface area contributed by atoms with Crippen molar-refractivity contribution in [3.63, 3.8) is 0 Å². The van der Waals surface area contributed by atoms with Crippen LogP contribution in [0.4, 0.5) is 5.69 Å². The lowest BCUT2D eigenvalue weighted by atomic mass is 9.85. The number of para-hydroxylation sites is 2. The summed E-state index contributed by atoms with van der Waals surface area (Å²) >= 11 is 0. The highest BCUT2D eigenvalue weighted by Crippen LogP contribution is 2.48. The van der Waals surface area contributed by atoms with Crippen molar-refractivity contribution >= 4 is 5.69 Å². The average molecular weight is 327 g/mol. The molecular weight excluding hydrogens is 302 g/mol. The van der Waals surface area contributed by atoms with Gasteiger partial charge in [-0.3, -0.25) is 0 Å². The Bertz CT molecular complexity index is 710. The van der Waals surface area contributed by atoms with Crippen LogP contribution in [-0.4, -0.2) is 14.2 Å². The molecule has 4 heteroatoms. The van der Waals surface area contributed by atoms with Crippen molar-refractivity contribution in [3.05, 3.63) is 53.6 Å². The van der Waals surface area contributed by atoms with E-state index in [4.69, 9.17) is 14.2 Å². The molecule has 128 valence electrons. The maximum atomic E-state index is 6.58. The molecule has 24 heavy (non-hydrogen) atoms. The number of rotatable bonds is 5. The van der Waals surface area contributed by atoms with Crippen molar-refractivity contribution in [1.29, 1.82) is 0 Å². The van der Waals surface area contributed by atoms with Crippen LogP contribution in [0.1, 0.15) is 44.0 Å². The molecule has 0 radical (unpaired) electrons. The van der Waals surface area contributed by atoms with E-state index in [1.165, 1.54) is 5.56 Å². The molecule has 3 rings (SSSR count). The minimum atomic E-state index is -0.305. The number of nitrogens with one attached hydrogen (secondary N) is 1. The van der Waals surface area contributed by atoms with Gasteiger partial charge in [0, 0.05) is 16.8 Å². The van der Waals surface area contributed by atoms with E-state index in [2.05, 4.69) is 37.4 Å². The SMILES string of the molecule is CCC1(CC)O[C@@H](c2cccc(OC)c2OC)Nc2ccccc21. The maximum Gasteiger partial charge on any atom is 0.168 e. The fourth-order valence-electron chi connectivity index (χ4n) is 3.52. The van der Waals surface area contributed by atoms with Gasteiger partial charge in [0.25, 0.3) is 0 Å². The minimum absolute atomic E-state index is 0.287. The molecule has 0 spiro atoms. The van der Waals surface area contributed by atoms with Gasteiger partial charge < -0.3 is 19.5 Å². The molecule has 1 N–H and O–H groups in total. The van der Waals surface area contributed by atoms with Gasteiger partial charge in [0.1, 0.15) is 0 Å². The van der Waals surface area contributed by atoms with Gasteiger partial charge in [-0.05, 0) is 25.0 Å². The molecular formula is C20H25NO3. The first kappa shape index (κ1) is 16.7. The highest BCUT2D eigenvalue weighted by molar-refractivity contribution is 5.58. The molecule has 0 saturated carbocycles. The Morgan fingerprint density at radius 1 is 1.00 bits per heavy atom. The minimum Gasteiger partial charge on any atom is -0.493 e. The zero-order valence-electron chi connectivity index (χ0n) is 14.8. The summed E-state index contributed by atoms with van der Waals surface area (Å²) in [7, 11) is 3.31. The van der Waals surface area contributed by atoms with E-state index in [0.29, 0.717) is 11.5 Å². The number of methoxy groups -OCH3 is 2. The first-order chi connectivity index (χ1) is 11.7. The monoisotopic (exact) mass is 327 g/mol. The smallest absolute Gasteiger partial charge is 0.168 e. The van der Waals surface area contributed by atoms with Gasteiger partial charge in [0.15, 0.2) is 17.7 Å². The van der Waals surface area contributed by atoms with E-state index in [1.54, 1.807) is 14.2 Å². The molecule has 2 aromatic rings. The Morgan fingerprint density at radius 3 is 2.42 bits per heavy atom. The van der Waals surface area contributed by atoms with Gasteiger partial charge in [-0.25, -0.2) is 0 Å². The van der Waals surface area contributed by atoms with Crippen LogP contribution in [0.5, 0.6) is 11.5 Å². The van der Waals surface area contributed by atoms with Crippen molar-refractivity contribution in [2.75, 3.05) is 19.5 Å². The van der Waals surface area contributed by atoms with Crippen molar-refractivity contribution < 1.29 is 14.2 Å². The molecule has 0 saturated heterocycles. The second-order valence-electron chi connectivity index (χ2n) is 5.97. The van der Waals surface area contributed by atoms with E-state index in [9.17, 15) is 0 Å². The molecule has 1 aliphatic rings. The van der Waals surface area contributed by atoms with Crippen LogP contribution in [0.15, 0.2) is 42.5 Å². The molecule has 4 nitrogen and oxygen atoms in total. The molecule has 2 aromatic carbocycles. The molecule has 1 heterocycles. The molecule has 0 bridgehead atoms. The molecule has 0 aromatic heterocycles. The summed E-state index contributed by atoms with van der Waals surface area (Å²) in [4.78, 5) is 0. The van der Waals surface area contributed by atoms with Crippen molar-refractivity contribution in [1.82, 2.24) is 0 Å². The number of hydrogen-bond acceptors (Lipinski definition) is 4. The van der Waals surface area contributed by atoms with Crippen LogP contribution in [0.3, 0.4) is 0 Å². The number of hydrogen-bond donors (Lipinski definition) is 1. The van der Waals surface area contributed by atoms with E-state index in [1.807, 2.05) is 24.3 Å². The van der Waals surface area contributed by atoms with Gasteiger partial charge in [0.2, 0.25) is 0 Å². The summed E-state index contributed by atoms with van der Waals surface area (Å²) in [6, 6.07) is 14.2. The third-order valence-electron chi connectivity index (χ3n) is 4.91. The Kier molecular flexibility index (Phi) is 4.67. The third-order valence-corrected chi connectivity index (χ3v) is 4.91. The number of ether oxygens (including phenoxy) is 3. The van der Waals surface area contributed by atoms with E-state index < -0.39 is 0 Å². The average Bonchev–Trinajstić information content (AvgIpc) is 2.66. The first-order valence-electron chi connectivity index (χ1n) is 8.43. The summed E-state index contributed by atoms with van der Waals surface area (Å²) in [5, 5.41) is 3.50. The van der Waals surface area contributed by atoms with Crippen LogP contribution in [0, 0.1) is 0 Å². The van der Waals surface area contributed by atoms with Crippen molar-refractivity contribution in [2.45, 2.75) is 38.5 Å². The van der Waals surface area contributed by atoms with Crippen molar-refractivity contribution in [2.24, 2.45) is 0 Å². The quantitative estimate of drug-likeness (QED) is 0.851. The van der Waals surface area contributed by atoms with Crippen LogP contribution in [-0.2, 0) is 10.3 Å². The summed E-state index contributed by atoms with van der Waals surface area (Å²) in [5.41, 5.74) is 2.97. The van der Waals surface area contributed by atoms with E-state index in [0.717, 1.165) is 24.1 Å². The molecule has 0 fully saturated rings.